The SMILES string of the molecule is CC(=O)N(CC(=O)N(CC(=O)[O-])c1ccccc1)c1ccccc1.[Na+]. The number of carboxylic acid groups (broad SMARTS) is 1. The number of carbonyl (C=O) groups excluding carboxylic acids is 3. The molecule has 0 aliphatic heterocycles. The summed E-state index contributed by atoms with van der Waals surface area (Å²) < 4.78 is 0. The number of amides is 2. The zero-order valence-corrected chi connectivity index (χ0v) is 16.2. The third kappa shape index (κ3) is 6.01. The fraction of sp³-hybridized carbons (Fsp3) is 0.167. The number of hydrogen-bond donors (Lipinski definition) is 0. The Morgan fingerprint density at radius 3 is 1.64 bits per heavy atom. The van der Waals surface area contributed by atoms with Gasteiger partial charge in [0.2, 0.25) is 11.8 Å². The average Bonchev–Trinajstić information content (AvgIpc) is 2.58. The van der Waals surface area contributed by atoms with Gasteiger partial charge in [-0.25, -0.2) is 0 Å². The molecule has 0 aromatic heterocycles. The van der Waals surface area contributed by atoms with Gasteiger partial charge in [0.15, 0.2) is 0 Å². The van der Waals surface area contributed by atoms with E-state index < -0.39 is 18.4 Å². The molecule has 6 nitrogen and oxygen atoms in total. The standard InChI is InChI=1S/C18H18N2O4.Na/c1-14(21)19(15-8-4-2-5-9-15)12-17(22)20(13-18(23)24)16-10-6-3-7-11-16;/h2-11H,12-13H2,1H3,(H,23,24);/q;+1/p-1. The van der Waals surface area contributed by atoms with Gasteiger partial charge >= 0.3 is 29.6 Å². The van der Waals surface area contributed by atoms with Crippen molar-refractivity contribution >= 4 is 29.2 Å². The molecule has 0 unspecified atom stereocenters. The smallest absolute Gasteiger partial charge is 0.548 e. The quantitative estimate of drug-likeness (QED) is 0.557. The summed E-state index contributed by atoms with van der Waals surface area (Å²) in [5.74, 6) is -2.19. The summed E-state index contributed by atoms with van der Waals surface area (Å²) >= 11 is 0. The third-order valence-electron chi connectivity index (χ3n) is 3.40. The molecule has 0 N–H and O–H groups in total. The van der Waals surface area contributed by atoms with Crippen molar-refractivity contribution in [1.29, 1.82) is 0 Å². The number of rotatable bonds is 6. The van der Waals surface area contributed by atoms with E-state index in [1.54, 1.807) is 60.7 Å². The molecule has 0 spiro atoms. The molecule has 0 radical (unpaired) electrons. The molecule has 0 aliphatic rings. The molecule has 0 atom stereocenters. The van der Waals surface area contributed by atoms with Crippen molar-refractivity contribution in [2.24, 2.45) is 0 Å². The topological polar surface area (TPSA) is 80.8 Å². The first kappa shape index (κ1) is 20.9. The van der Waals surface area contributed by atoms with Crippen LogP contribution in [0.15, 0.2) is 60.7 Å². The minimum atomic E-state index is -1.37. The summed E-state index contributed by atoms with van der Waals surface area (Å²) in [7, 11) is 0. The number of benzene rings is 2. The zero-order chi connectivity index (χ0) is 17.5. The number of hydrogen-bond acceptors (Lipinski definition) is 4. The molecule has 0 heterocycles. The number of anilines is 2. The Morgan fingerprint density at radius 2 is 1.24 bits per heavy atom. The van der Waals surface area contributed by atoms with Gasteiger partial charge < -0.3 is 19.7 Å². The van der Waals surface area contributed by atoms with Gasteiger partial charge in [0.05, 0.1) is 12.5 Å². The Morgan fingerprint density at radius 1 is 0.800 bits per heavy atom. The molecule has 2 amide bonds. The number of para-hydroxylation sites is 2. The van der Waals surface area contributed by atoms with Gasteiger partial charge in [0.25, 0.3) is 0 Å². The molecular weight excluding hydrogens is 331 g/mol. The van der Waals surface area contributed by atoms with E-state index in [1.807, 2.05) is 0 Å². The van der Waals surface area contributed by atoms with Crippen molar-refractivity contribution in [3.63, 3.8) is 0 Å². The number of carboxylic acids is 1. The van der Waals surface area contributed by atoms with Gasteiger partial charge in [-0.15, -0.1) is 0 Å². The van der Waals surface area contributed by atoms with E-state index in [1.165, 1.54) is 11.8 Å². The average molecular weight is 348 g/mol. The van der Waals surface area contributed by atoms with Crippen molar-refractivity contribution in [2.45, 2.75) is 6.92 Å². The number of aliphatic carboxylic acids is 1. The maximum atomic E-state index is 12.6. The summed E-state index contributed by atoms with van der Waals surface area (Å²) in [6.07, 6.45) is 0. The van der Waals surface area contributed by atoms with Crippen molar-refractivity contribution in [2.75, 3.05) is 22.9 Å². The van der Waals surface area contributed by atoms with E-state index in [9.17, 15) is 19.5 Å². The maximum absolute atomic E-state index is 12.6. The van der Waals surface area contributed by atoms with E-state index in [4.69, 9.17) is 0 Å². The van der Waals surface area contributed by atoms with Crippen LogP contribution in [0.5, 0.6) is 0 Å². The summed E-state index contributed by atoms with van der Waals surface area (Å²) in [6, 6.07) is 17.1. The molecule has 2 rings (SSSR count). The Balaban J connectivity index is 0.00000312. The summed E-state index contributed by atoms with van der Waals surface area (Å²) in [5.41, 5.74) is 1.00. The van der Waals surface area contributed by atoms with Gasteiger partial charge in [-0.05, 0) is 24.3 Å². The van der Waals surface area contributed by atoms with Gasteiger partial charge in [-0.2, -0.15) is 0 Å². The molecular formula is C18H17N2NaO4. The van der Waals surface area contributed by atoms with Crippen LogP contribution in [-0.2, 0) is 14.4 Å². The monoisotopic (exact) mass is 348 g/mol. The van der Waals surface area contributed by atoms with Crippen molar-refractivity contribution in [3.8, 4) is 0 Å². The van der Waals surface area contributed by atoms with Crippen LogP contribution in [0.2, 0.25) is 0 Å². The molecule has 2 aromatic rings. The first-order valence-corrected chi connectivity index (χ1v) is 7.37. The normalized spacial score (nSPS) is 9.64. The van der Waals surface area contributed by atoms with Gasteiger partial charge in [0, 0.05) is 18.3 Å². The van der Waals surface area contributed by atoms with Crippen LogP contribution in [0.4, 0.5) is 11.4 Å². The Labute approximate surface area is 168 Å². The van der Waals surface area contributed by atoms with Crippen molar-refractivity contribution in [1.82, 2.24) is 0 Å². The number of carbonyl (C=O) groups is 3. The second-order valence-electron chi connectivity index (χ2n) is 5.13. The number of nitrogens with zero attached hydrogens (tertiary/aromatic N) is 2. The Kier molecular flexibility index (Phi) is 8.34. The van der Waals surface area contributed by atoms with E-state index in [2.05, 4.69) is 0 Å². The van der Waals surface area contributed by atoms with Crippen molar-refractivity contribution < 1.29 is 49.0 Å². The van der Waals surface area contributed by atoms with Gasteiger partial charge in [-0.1, -0.05) is 36.4 Å². The van der Waals surface area contributed by atoms with E-state index >= 15 is 0 Å². The fourth-order valence-electron chi connectivity index (χ4n) is 2.27. The molecule has 0 fully saturated rings. The molecule has 7 heteroatoms. The zero-order valence-electron chi connectivity index (χ0n) is 14.2. The second-order valence-corrected chi connectivity index (χ2v) is 5.13. The van der Waals surface area contributed by atoms with Gasteiger partial charge in [-0.3, -0.25) is 9.59 Å². The van der Waals surface area contributed by atoms with Crippen LogP contribution >= 0.6 is 0 Å². The van der Waals surface area contributed by atoms with E-state index in [-0.39, 0.29) is 42.0 Å². The van der Waals surface area contributed by atoms with Crippen LogP contribution in [0.1, 0.15) is 6.92 Å². The fourth-order valence-corrected chi connectivity index (χ4v) is 2.27. The van der Waals surface area contributed by atoms with Crippen LogP contribution < -0.4 is 44.5 Å². The predicted molar refractivity (Wildman–Crippen MR) is 88.3 cm³/mol. The first-order chi connectivity index (χ1) is 11.5. The van der Waals surface area contributed by atoms with E-state index in [0.29, 0.717) is 11.4 Å². The maximum Gasteiger partial charge on any atom is 1.00 e. The minimum Gasteiger partial charge on any atom is -0.548 e. The third-order valence-corrected chi connectivity index (χ3v) is 3.40. The molecule has 0 saturated carbocycles. The first-order valence-electron chi connectivity index (χ1n) is 7.37. The van der Waals surface area contributed by atoms with Crippen LogP contribution in [0.25, 0.3) is 0 Å². The largest absolute Gasteiger partial charge is 1.00 e. The molecule has 2 aromatic carbocycles. The molecule has 0 aliphatic carbocycles. The van der Waals surface area contributed by atoms with Gasteiger partial charge in [0.1, 0.15) is 6.54 Å². The molecule has 25 heavy (non-hydrogen) atoms. The molecule has 0 bridgehead atoms. The summed E-state index contributed by atoms with van der Waals surface area (Å²) in [6.45, 7) is 0.511. The van der Waals surface area contributed by atoms with E-state index in [0.717, 1.165) is 4.90 Å². The summed E-state index contributed by atoms with van der Waals surface area (Å²) in [4.78, 5) is 37.9. The predicted octanol–water partition coefficient (Wildman–Crippen LogP) is -2.17. The van der Waals surface area contributed by atoms with Crippen LogP contribution in [0.3, 0.4) is 0 Å². The summed E-state index contributed by atoms with van der Waals surface area (Å²) in [5, 5.41) is 11.0. The van der Waals surface area contributed by atoms with Crippen molar-refractivity contribution in [3.05, 3.63) is 60.7 Å². The molecule has 0 saturated heterocycles. The van der Waals surface area contributed by atoms with Crippen LogP contribution in [0, 0.1) is 0 Å². The Hall–Kier alpha value is -2.15. The van der Waals surface area contributed by atoms with Crippen LogP contribution in [-0.4, -0.2) is 30.9 Å². The minimum absolute atomic E-state index is 0. The molecule has 124 valence electrons. The Bertz CT molecular complexity index is 722. The second kappa shape index (κ2) is 9.98.